The van der Waals surface area contributed by atoms with Gasteiger partial charge in [0.05, 0.1) is 5.39 Å². The zero-order valence-corrected chi connectivity index (χ0v) is 12.2. The van der Waals surface area contributed by atoms with Crippen molar-refractivity contribution in [1.82, 2.24) is 0 Å². The van der Waals surface area contributed by atoms with E-state index in [0.29, 0.717) is 46.7 Å². The first-order valence-corrected chi connectivity index (χ1v) is 7.49. The standard InChI is InChI=1S/C19H12O4/c20-18-13-9-11-3-1-2-4-12(11)10-16(13)23-14-5-6-15-19(17(14)18)22-8-7-21-15/h1-6,9-10H,7-8H2. The number of rotatable bonds is 0. The second kappa shape index (κ2) is 4.49. The Labute approximate surface area is 130 Å². The summed E-state index contributed by atoms with van der Waals surface area (Å²) in [5.41, 5.74) is 1.01. The fourth-order valence-corrected chi connectivity index (χ4v) is 3.13. The predicted octanol–water partition coefficient (Wildman–Crippen LogP) is 3.87. The predicted molar refractivity (Wildman–Crippen MR) is 88.5 cm³/mol. The molecule has 112 valence electrons. The molecule has 0 N–H and O–H groups in total. The van der Waals surface area contributed by atoms with Gasteiger partial charge in [-0.25, -0.2) is 0 Å². The molecule has 0 atom stereocenters. The minimum absolute atomic E-state index is 0.0886. The van der Waals surface area contributed by atoms with Gasteiger partial charge in [0.1, 0.15) is 29.8 Å². The van der Waals surface area contributed by atoms with Crippen molar-refractivity contribution in [2.24, 2.45) is 0 Å². The minimum atomic E-state index is -0.0886. The molecule has 0 saturated heterocycles. The van der Waals surface area contributed by atoms with E-state index in [1.165, 1.54) is 0 Å². The van der Waals surface area contributed by atoms with Crippen molar-refractivity contribution in [1.29, 1.82) is 0 Å². The van der Waals surface area contributed by atoms with Crippen LogP contribution in [0.15, 0.2) is 57.7 Å². The van der Waals surface area contributed by atoms with E-state index in [1.807, 2.05) is 36.4 Å². The van der Waals surface area contributed by atoms with Crippen LogP contribution in [0.25, 0.3) is 32.7 Å². The van der Waals surface area contributed by atoms with Crippen molar-refractivity contribution < 1.29 is 13.9 Å². The molecule has 0 bridgehead atoms. The molecule has 0 amide bonds. The van der Waals surface area contributed by atoms with Crippen LogP contribution in [0.5, 0.6) is 11.5 Å². The molecule has 5 rings (SSSR count). The molecular formula is C19H12O4. The maximum atomic E-state index is 13.0. The molecule has 1 aliphatic rings. The van der Waals surface area contributed by atoms with Gasteiger partial charge < -0.3 is 13.9 Å². The topological polar surface area (TPSA) is 48.7 Å². The van der Waals surface area contributed by atoms with Gasteiger partial charge in [0.15, 0.2) is 11.5 Å². The largest absolute Gasteiger partial charge is 0.486 e. The van der Waals surface area contributed by atoms with Gasteiger partial charge in [0.2, 0.25) is 5.43 Å². The highest BCUT2D eigenvalue weighted by Gasteiger charge is 2.20. The van der Waals surface area contributed by atoms with E-state index in [-0.39, 0.29) is 5.43 Å². The van der Waals surface area contributed by atoms with Crippen LogP contribution < -0.4 is 14.9 Å². The van der Waals surface area contributed by atoms with Crippen LogP contribution in [0.4, 0.5) is 0 Å². The molecule has 1 aliphatic heterocycles. The van der Waals surface area contributed by atoms with Crippen molar-refractivity contribution in [2.75, 3.05) is 13.2 Å². The molecule has 0 fully saturated rings. The van der Waals surface area contributed by atoms with Gasteiger partial charge >= 0.3 is 0 Å². The summed E-state index contributed by atoms with van der Waals surface area (Å²) in [4.78, 5) is 13.0. The normalized spacial score (nSPS) is 13.7. The molecule has 1 aromatic heterocycles. The Kier molecular flexibility index (Phi) is 2.45. The summed E-state index contributed by atoms with van der Waals surface area (Å²) in [7, 11) is 0. The number of fused-ring (bicyclic) bond motifs is 5. The number of hydrogen-bond donors (Lipinski definition) is 0. The van der Waals surface area contributed by atoms with Crippen LogP contribution in [0.2, 0.25) is 0 Å². The smallest absolute Gasteiger partial charge is 0.204 e. The monoisotopic (exact) mass is 304 g/mol. The van der Waals surface area contributed by atoms with Gasteiger partial charge in [-0.3, -0.25) is 4.79 Å². The van der Waals surface area contributed by atoms with Gasteiger partial charge in [0, 0.05) is 0 Å². The Balaban J connectivity index is 1.97. The Morgan fingerprint density at radius 2 is 1.61 bits per heavy atom. The lowest BCUT2D eigenvalue weighted by molar-refractivity contribution is 0.173. The summed E-state index contributed by atoms with van der Waals surface area (Å²) in [6.07, 6.45) is 0. The number of benzene rings is 3. The van der Waals surface area contributed by atoms with Gasteiger partial charge in [-0.1, -0.05) is 24.3 Å². The first kappa shape index (κ1) is 12.5. The lowest BCUT2D eigenvalue weighted by Gasteiger charge is -2.19. The minimum Gasteiger partial charge on any atom is -0.486 e. The summed E-state index contributed by atoms with van der Waals surface area (Å²) < 4.78 is 17.2. The zero-order valence-electron chi connectivity index (χ0n) is 12.2. The highest BCUT2D eigenvalue weighted by molar-refractivity contribution is 6.01. The second-order valence-corrected chi connectivity index (χ2v) is 5.59. The lowest BCUT2D eigenvalue weighted by Crippen LogP contribution is -2.17. The Morgan fingerprint density at radius 3 is 2.48 bits per heavy atom. The Bertz CT molecular complexity index is 1140. The van der Waals surface area contributed by atoms with Gasteiger partial charge in [-0.2, -0.15) is 0 Å². The molecule has 2 heterocycles. The van der Waals surface area contributed by atoms with Crippen LogP contribution in [-0.4, -0.2) is 13.2 Å². The van der Waals surface area contributed by atoms with Crippen LogP contribution in [0, 0.1) is 0 Å². The zero-order chi connectivity index (χ0) is 15.4. The molecule has 4 nitrogen and oxygen atoms in total. The highest BCUT2D eigenvalue weighted by Crippen LogP contribution is 2.37. The maximum absolute atomic E-state index is 13.0. The summed E-state index contributed by atoms with van der Waals surface area (Å²) in [5.74, 6) is 1.08. The van der Waals surface area contributed by atoms with Crippen LogP contribution >= 0.6 is 0 Å². The third-order valence-corrected chi connectivity index (χ3v) is 4.21. The van der Waals surface area contributed by atoms with E-state index in [4.69, 9.17) is 13.9 Å². The van der Waals surface area contributed by atoms with E-state index >= 15 is 0 Å². The average molecular weight is 304 g/mol. The lowest BCUT2D eigenvalue weighted by atomic mass is 10.1. The highest BCUT2D eigenvalue weighted by atomic mass is 16.6. The quantitative estimate of drug-likeness (QED) is 0.463. The molecule has 23 heavy (non-hydrogen) atoms. The average Bonchev–Trinajstić information content (AvgIpc) is 2.60. The third-order valence-electron chi connectivity index (χ3n) is 4.21. The van der Waals surface area contributed by atoms with Gasteiger partial charge in [-0.15, -0.1) is 0 Å². The van der Waals surface area contributed by atoms with Crippen molar-refractivity contribution in [3.05, 3.63) is 58.8 Å². The van der Waals surface area contributed by atoms with Crippen molar-refractivity contribution >= 4 is 32.7 Å². The SMILES string of the molecule is O=c1c2cc3ccccc3cc2oc2ccc3c(c12)OCCO3. The van der Waals surface area contributed by atoms with E-state index in [2.05, 4.69) is 0 Å². The summed E-state index contributed by atoms with van der Waals surface area (Å²) in [6.45, 7) is 0.920. The van der Waals surface area contributed by atoms with Crippen molar-refractivity contribution in [3.63, 3.8) is 0 Å². The van der Waals surface area contributed by atoms with E-state index in [1.54, 1.807) is 12.1 Å². The van der Waals surface area contributed by atoms with Gasteiger partial charge in [-0.05, 0) is 35.0 Å². The van der Waals surface area contributed by atoms with E-state index < -0.39 is 0 Å². The molecule has 0 saturated carbocycles. The maximum Gasteiger partial charge on any atom is 0.204 e. The molecule has 4 aromatic rings. The summed E-state index contributed by atoms with van der Waals surface area (Å²) >= 11 is 0. The van der Waals surface area contributed by atoms with E-state index in [0.717, 1.165) is 10.8 Å². The second-order valence-electron chi connectivity index (χ2n) is 5.59. The first-order valence-electron chi connectivity index (χ1n) is 7.49. The molecule has 3 aromatic carbocycles. The first-order chi connectivity index (χ1) is 11.3. The fourth-order valence-electron chi connectivity index (χ4n) is 3.13. The number of ether oxygens (including phenoxy) is 2. The van der Waals surface area contributed by atoms with Crippen molar-refractivity contribution in [3.8, 4) is 11.5 Å². The third kappa shape index (κ3) is 1.75. The van der Waals surface area contributed by atoms with Crippen LogP contribution in [0.3, 0.4) is 0 Å². The fraction of sp³-hybridized carbons (Fsp3) is 0.105. The van der Waals surface area contributed by atoms with Crippen LogP contribution in [-0.2, 0) is 0 Å². The van der Waals surface area contributed by atoms with E-state index in [9.17, 15) is 4.79 Å². The van der Waals surface area contributed by atoms with Crippen LogP contribution in [0.1, 0.15) is 0 Å². The Morgan fingerprint density at radius 1 is 0.826 bits per heavy atom. The summed E-state index contributed by atoms with van der Waals surface area (Å²) in [5, 5.41) is 3.05. The molecule has 0 aliphatic carbocycles. The molecule has 0 radical (unpaired) electrons. The molecular weight excluding hydrogens is 292 g/mol. The van der Waals surface area contributed by atoms with Gasteiger partial charge in [0.25, 0.3) is 0 Å². The molecule has 0 spiro atoms. The molecule has 4 heteroatoms. The Hall–Kier alpha value is -3.01. The number of hydrogen-bond acceptors (Lipinski definition) is 4. The van der Waals surface area contributed by atoms with Crippen molar-refractivity contribution in [2.45, 2.75) is 0 Å². The summed E-state index contributed by atoms with van der Waals surface area (Å²) in [6, 6.07) is 15.2. The molecule has 0 unspecified atom stereocenters.